The van der Waals surface area contributed by atoms with Crippen molar-refractivity contribution in [1.82, 2.24) is 9.97 Å². The van der Waals surface area contributed by atoms with E-state index in [1.54, 1.807) is 0 Å². The fraction of sp³-hybridized carbons (Fsp3) is 0.0435. The summed E-state index contributed by atoms with van der Waals surface area (Å²) in [6.07, 6.45) is 2.18. The maximum atomic E-state index is 3.66. The summed E-state index contributed by atoms with van der Waals surface area (Å²) in [7, 11) is 0. The van der Waals surface area contributed by atoms with Crippen LogP contribution >= 0.6 is 0 Å². The average Bonchev–Trinajstić information content (AvgIpc) is 3.33. The Morgan fingerprint density at radius 3 is 2.28 bits per heavy atom. The van der Waals surface area contributed by atoms with Gasteiger partial charge < -0.3 is 9.97 Å². The van der Waals surface area contributed by atoms with Crippen LogP contribution in [0.25, 0.3) is 33.1 Å². The monoisotopic (exact) mass is 320 g/mol. The Balaban J connectivity index is 1.74. The summed E-state index contributed by atoms with van der Waals surface area (Å²) in [4.78, 5) is 7.12. The lowest BCUT2D eigenvalue weighted by Crippen LogP contribution is -1.98. The highest BCUT2D eigenvalue weighted by atomic mass is 14.7. The topological polar surface area (TPSA) is 31.6 Å². The number of hydrogen-bond acceptors (Lipinski definition) is 0. The van der Waals surface area contributed by atoms with Crippen LogP contribution in [-0.2, 0) is 0 Å². The fourth-order valence-corrected chi connectivity index (χ4v) is 4.46. The quantitative estimate of drug-likeness (QED) is 0.383. The van der Waals surface area contributed by atoms with E-state index in [0.717, 1.165) is 0 Å². The molecule has 2 nitrogen and oxygen atoms in total. The van der Waals surface area contributed by atoms with Gasteiger partial charge >= 0.3 is 0 Å². The Morgan fingerprint density at radius 2 is 1.36 bits per heavy atom. The van der Waals surface area contributed by atoms with Crippen molar-refractivity contribution in [3.8, 4) is 11.3 Å². The summed E-state index contributed by atoms with van der Waals surface area (Å²) in [5.74, 6) is 0.262. The summed E-state index contributed by atoms with van der Waals surface area (Å²) in [6.45, 7) is 0. The number of fused-ring (bicyclic) bond motifs is 6. The molecular formula is C23H16N2. The molecule has 0 saturated carbocycles. The second-order valence-electron chi connectivity index (χ2n) is 6.77. The van der Waals surface area contributed by atoms with Gasteiger partial charge in [0.25, 0.3) is 0 Å². The third kappa shape index (κ3) is 1.64. The average molecular weight is 320 g/mol. The van der Waals surface area contributed by atoms with Gasteiger partial charge in [0.2, 0.25) is 0 Å². The highest BCUT2D eigenvalue weighted by Gasteiger charge is 2.34. The molecule has 2 aromatic heterocycles. The second-order valence-corrected chi connectivity index (χ2v) is 6.77. The van der Waals surface area contributed by atoms with E-state index in [-0.39, 0.29) is 5.92 Å². The van der Waals surface area contributed by atoms with Crippen molar-refractivity contribution in [1.29, 1.82) is 0 Å². The third-order valence-electron chi connectivity index (χ3n) is 5.51. The van der Waals surface area contributed by atoms with Crippen molar-refractivity contribution in [3.63, 3.8) is 0 Å². The number of para-hydroxylation sites is 2. The number of H-pyrrole nitrogens is 2. The largest absolute Gasteiger partial charge is 0.361 e. The number of aromatic nitrogens is 2. The molecule has 2 heteroatoms. The Hall–Kier alpha value is -3.26. The highest BCUT2D eigenvalue weighted by molar-refractivity contribution is 5.98. The molecule has 0 amide bonds. The molecule has 1 aliphatic carbocycles. The maximum absolute atomic E-state index is 3.66. The van der Waals surface area contributed by atoms with Gasteiger partial charge in [-0.2, -0.15) is 0 Å². The standard InChI is InChI=1S/C23H16N2/c1-2-9-16-15(8-1)21(18-13-24-19-11-5-3-7-14(18)19)22-17-10-4-6-12-20(17)25-23(16)22/h1-13,21,24-25H. The highest BCUT2D eigenvalue weighted by Crippen LogP contribution is 2.51. The predicted octanol–water partition coefficient (Wildman–Crippen LogP) is 5.81. The Bertz CT molecular complexity index is 1260. The summed E-state index contributed by atoms with van der Waals surface area (Å²) in [6, 6.07) is 26.0. The number of nitrogens with one attached hydrogen (secondary N) is 2. The molecule has 0 radical (unpaired) electrons. The van der Waals surface area contributed by atoms with Crippen molar-refractivity contribution in [2.75, 3.05) is 0 Å². The number of hydrogen-bond donors (Lipinski definition) is 2. The zero-order valence-electron chi connectivity index (χ0n) is 13.6. The van der Waals surface area contributed by atoms with Crippen LogP contribution in [0.5, 0.6) is 0 Å². The van der Waals surface area contributed by atoms with Crippen LogP contribution in [0.2, 0.25) is 0 Å². The van der Waals surface area contributed by atoms with Crippen LogP contribution < -0.4 is 0 Å². The first-order valence-electron chi connectivity index (χ1n) is 8.68. The Labute approximate surface area is 145 Å². The van der Waals surface area contributed by atoms with Gasteiger partial charge in [-0.05, 0) is 28.8 Å². The van der Waals surface area contributed by atoms with Gasteiger partial charge in [-0.1, -0.05) is 60.7 Å². The molecule has 3 aromatic carbocycles. The van der Waals surface area contributed by atoms with Gasteiger partial charge in [0.05, 0.1) is 5.69 Å². The molecule has 118 valence electrons. The predicted molar refractivity (Wildman–Crippen MR) is 103 cm³/mol. The number of aromatic amines is 2. The van der Waals surface area contributed by atoms with Crippen molar-refractivity contribution in [2.24, 2.45) is 0 Å². The molecular weight excluding hydrogens is 304 g/mol. The van der Waals surface area contributed by atoms with Crippen molar-refractivity contribution >= 4 is 21.8 Å². The first-order valence-corrected chi connectivity index (χ1v) is 8.68. The number of benzene rings is 3. The van der Waals surface area contributed by atoms with E-state index >= 15 is 0 Å². The summed E-state index contributed by atoms with van der Waals surface area (Å²) >= 11 is 0. The maximum Gasteiger partial charge on any atom is 0.0510 e. The van der Waals surface area contributed by atoms with E-state index in [9.17, 15) is 0 Å². The molecule has 2 heterocycles. The lowest BCUT2D eigenvalue weighted by molar-refractivity contribution is 1.04. The second kappa shape index (κ2) is 4.64. The zero-order chi connectivity index (χ0) is 16.4. The molecule has 5 aromatic rings. The van der Waals surface area contributed by atoms with Gasteiger partial charge in [0.15, 0.2) is 0 Å². The molecule has 6 rings (SSSR count). The number of rotatable bonds is 1. The molecule has 0 aliphatic heterocycles. The van der Waals surface area contributed by atoms with Gasteiger partial charge in [-0.15, -0.1) is 0 Å². The molecule has 0 spiro atoms. The molecule has 1 aliphatic rings. The van der Waals surface area contributed by atoms with Crippen molar-refractivity contribution < 1.29 is 0 Å². The molecule has 25 heavy (non-hydrogen) atoms. The molecule has 1 atom stereocenters. The van der Waals surface area contributed by atoms with Crippen molar-refractivity contribution in [3.05, 3.63) is 95.7 Å². The summed E-state index contributed by atoms with van der Waals surface area (Å²) in [5.41, 5.74) is 9.15. The molecule has 2 N–H and O–H groups in total. The van der Waals surface area contributed by atoms with Crippen LogP contribution in [-0.4, -0.2) is 9.97 Å². The third-order valence-corrected chi connectivity index (χ3v) is 5.51. The van der Waals surface area contributed by atoms with Crippen LogP contribution in [0.1, 0.15) is 22.6 Å². The van der Waals surface area contributed by atoms with Crippen LogP contribution in [0.3, 0.4) is 0 Å². The van der Waals surface area contributed by atoms with E-state index in [2.05, 4.69) is 89.0 Å². The fourth-order valence-electron chi connectivity index (χ4n) is 4.46. The van der Waals surface area contributed by atoms with Gasteiger partial charge in [-0.3, -0.25) is 0 Å². The summed E-state index contributed by atoms with van der Waals surface area (Å²) in [5, 5.41) is 2.63. The molecule has 0 bridgehead atoms. The van der Waals surface area contributed by atoms with E-state index in [0.29, 0.717) is 0 Å². The minimum atomic E-state index is 0.262. The van der Waals surface area contributed by atoms with Crippen LogP contribution in [0.4, 0.5) is 0 Å². The lowest BCUT2D eigenvalue weighted by Gasteiger charge is -2.13. The minimum Gasteiger partial charge on any atom is -0.361 e. The van der Waals surface area contributed by atoms with Crippen molar-refractivity contribution in [2.45, 2.75) is 5.92 Å². The zero-order valence-corrected chi connectivity index (χ0v) is 13.6. The van der Waals surface area contributed by atoms with E-state index in [1.165, 1.54) is 49.8 Å². The van der Waals surface area contributed by atoms with E-state index < -0.39 is 0 Å². The lowest BCUT2D eigenvalue weighted by atomic mass is 9.88. The van der Waals surface area contributed by atoms with E-state index in [4.69, 9.17) is 0 Å². The Kier molecular flexibility index (Phi) is 2.43. The first-order chi connectivity index (χ1) is 12.4. The van der Waals surface area contributed by atoms with Gasteiger partial charge in [0, 0.05) is 39.5 Å². The SMILES string of the molecule is c1ccc2c(c1)-c1[nH]c3ccccc3c1C2c1c[nH]c2ccccc12. The molecule has 0 saturated heterocycles. The Morgan fingerprint density at radius 1 is 0.640 bits per heavy atom. The summed E-state index contributed by atoms with van der Waals surface area (Å²) < 4.78 is 0. The van der Waals surface area contributed by atoms with Gasteiger partial charge in [0.1, 0.15) is 0 Å². The smallest absolute Gasteiger partial charge is 0.0510 e. The first kappa shape index (κ1) is 13.1. The molecule has 1 unspecified atom stereocenters. The normalized spacial score (nSPS) is 15.6. The van der Waals surface area contributed by atoms with E-state index in [1.807, 2.05) is 0 Å². The van der Waals surface area contributed by atoms with Crippen LogP contribution in [0, 0.1) is 0 Å². The molecule has 0 fully saturated rings. The van der Waals surface area contributed by atoms with Gasteiger partial charge in [-0.25, -0.2) is 0 Å². The minimum absolute atomic E-state index is 0.262. The van der Waals surface area contributed by atoms with Crippen LogP contribution in [0.15, 0.2) is 79.0 Å².